The fraction of sp³-hybridized carbons (Fsp3) is 0.385. The molecule has 2 amide bonds. The van der Waals surface area contributed by atoms with Gasteiger partial charge in [-0.05, 0) is 32.9 Å². The molecule has 19 heavy (non-hydrogen) atoms. The lowest BCUT2D eigenvalue weighted by atomic mass is 10.1. The number of rotatable bonds is 5. The standard InChI is InChI=1S/C13H18N2O4/c1-4-19-10-8-6-5-7-9(10)14-12(18)15-13(2,3)11(16)17/h5-8H,4H2,1-3H3,(H,16,17)(H2,14,15,18). The van der Waals surface area contributed by atoms with Gasteiger partial charge in [-0.1, -0.05) is 12.1 Å². The molecule has 0 spiro atoms. The lowest BCUT2D eigenvalue weighted by molar-refractivity contribution is -0.142. The number of amides is 2. The first-order chi connectivity index (χ1) is 8.86. The molecule has 6 nitrogen and oxygen atoms in total. The van der Waals surface area contributed by atoms with Gasteiger partial charge >= 0.3 is 12.0 Å². The van der Waals surface area contributed by atoms with Crippen LogP contribution in [0.2, 0.25) is 0 Å². The van der Waals surface area contributed by atoms with E-state index in [-0.39, 0.29) is 0 Å². The largest absolute Gasteiger partial charge is 0.492 e. The number of hydrogen-bond acceptors (Lipinski definition) is 3. The number of urea groups is 1. The third kappa shape index (κ3) is 4.17. The zero-order valence-corrected chi connectivity index (χ0v) is 11.2. The smallest absolute Gasteiger partial charge is 0.328 e. The quantitative estimate of drug-likeness (QED) is 0.761. The van der Waals surface area contributed by atoms with Crippen LogP contribution in [0.4, 0.5) is 10.5 Å². The van der Waals surface area contributed by atoms with E-state index < -0.39 is 17.5 Å². The van der Waals surface area contributed by atoms with Crippen molar-refractivity contribution in [2.45, 2.75) is 26.3 Å². The van der Waals surface area contributed by atoms with Crippen LogP contribution in [0, 0.1) is 0 Å². The van der Waals surface area contributed by atoms with Crippen LogP contribution >= 0.6 is 0 Å². The molecule has 0 aromatic heterocycles. The second-order valence-electron chi connectivity index (χ2n) is 4.44. The number of benzene rings is 1. The normalized spacial score (nSPS) is 10.7. The molecule has 0 saturated carbocycles. The molecule has 0 saturated heterocycles. The van der Waals surface area contributed by atoms with Crippen LogP contribution in [-0.2, 0) is 4.79 Å². The number of anilines is 1. The summed E-state index contributed by atoms with van der Waals surface area (Å²) in [7, 11) is 0. The molecule has 0 fully saturated rings. The van der Waals surface area contributed by atoms with E-state index in [9.17, 15) is 9.59 Å². The molecule has 1 rings (SSSR count). The monoisotopic (exact) mass is 266 g/mol. The van der Waals surface area contributed by atoms with Gasteiger partial charge < -0.3 is 20.5 Å². The lowest BCUT2D eigenvalue weighted by Crippen LogP contribution is -2.51. The Bertz CT molecular complexity index is 471. The number of carboxylic acids is 1. The van der Waals surface area contributed by atoms with Crippen molar-refractivity contribution >= 4 is 17.7 Å². The number of para-hydroxylation sites is 2. The van der Waals surface area contributed by atoms with E-state index in [1.54, 1.807) is 24.3 Å². The molecule has 0 bridgehead atoms. The molecule has 1 aromatic carbocycles. The third-order valence-corrected chi connectivity index (χ3v) is 2.40. The summed E-state index contributed by atoms with van der Waals surface area (Å²) in [5.41, 5.74) is -0.854. The van der Waals surface area contributed by atoms with E-state index >= 15 is 0 Å². The molecule has 0 atom stereocenters. The SMILES string of the molecule is CCOc1ccccc1NC(=O)NC(C)(C)C(=O)O. The van der Waals surface area contributed by atoms with E-state index in [4.69, 9.17) is 9.84 Å². The highest BCUT2D eigenvalue weighted by atomic mass is 16.5. The van der Waals surface area contributed by atoms with E-state index in [0.29, 0.717) is 18.0 Å². The number of aliphatic carboxylic acids is 1. The molecule has 0 unspecified atom stereocenters. The molecule has 0 aliphatic heterocycles. The van der Waals surface area contributed by atoms with Crippen LogP contribution < -0.4 is 15.4 Å². The summed E-state index contributed by atoms with van der Waals surface area (Å²) in [6, 6.07) is 6.34. The fourth-order valence-electron chi connectivity index (χ4n) is 1.34. The van der Waals surface area contributed by atoms with Gasteiger partial charge in [0.2, 0.25) is 0 Å². The summed E-state index contributed by atoms with van der Waals surface area (Å²) < 4.78 is 5.36. The minimum atomic E-state index is -1.34. The average Bonchev–Trinajstić information content (AvgIpc) is 2.31. The summed E-state index contributed by atoms with van der Waals surface area (Å²) in [6.45, 7) is 5.12. The number of nitrogens with one attached hydrogen (secondary N) is 2. The fourth-order valence-corrected chi connectivity index (χ4v) is 1.34. The molecule has 0 aliphatic rings. The average molecular weight is 266 g/mol. The van der Waals surface area contributed by atoms with Crippen LogP contribution in [0.1, 0.15) is 20.8 Å². The highest BCUT2D eigenvalue weighted by Gasteiger charge is 2.29. The van der Waals surface area contributed by atoms with Crippen LogP contribution in [-0.4, -0.2) is 29.3 Å². The number of hydrogen-bond donors (Lipinski definition) is 3. The zero-order chi connectivity index (χ0) is 14.5. The van der Waals surface area contributed by atoms with Crippen molar-refractivity contribution in [1.82, 2.24) is 5.32 Å². The predicted molar refractivity (Wildman–Crippen MR) is 71.5 cm³/mol. The van der Waals surface area contributed by atoms with Gasteiger partial charge in [0.05, 0.1) is 12.3 Å². The third-order valence-electron chi connectivity index (χ3n) is 2.40. The van der Waals surface area contributed by atoms with Crippen molar-refractivity contribution in [1.29, 1.82) is 0 Å². The molecule has 6 heteroatoms. The molecule has 0 radical (unpaired) electrons. The first-order valence-corrected chi connectivity index (χ1v) is 5.91. The van der Waals surface area contributed by atoms with Gasteiger partial charge in [-0.3, -0.25) is 0 Å². The van der Waals surface area contributed by atoms with Gasteiger partial charge in [0.1, 0.15) is 11.3 Å². The first-order valence-electron chi connectivity index (χ1n) is 5.91. The Balaban J connectivity index is 2.75. The summed E-state index contributed by atoms with van der Waals surface area (Å²) in [4.78, 5) is 22.7. The second-order valence-corrected chi connectivity index (χ2v) is 4.44. The molecule has 3 N–H and O–H groups in total. The number of carbonyl (C=O) groups excluding carboxylic acids is 1. The zero-order valence-electron chi connectivity index (χ0n) is 11.2. The first kappa shape index (κ1) is 14.8. The van der Waals surface area contributed by atoms with E-state index in [1.165, 1.54) is 13.8 Å². The lowest BCUT2D eigenvalue weighted by Gasteiger charge is -2.21. The van der Waals surface area contributed by atoms with Crippen molar-refractivity contribution in [3.8, 4) is 5.75 Å². The number of carbonyl (C=O) groups is 2. The highest BCUT2D eigenvalue weighted by Crippen LogP contribution is 2.23. The van der Waals surface area contributed by atoms with Crippen molar-refractivity contribution in [2.24, 2.45) is 0 Å². The Labute approximate surface area is 111 Å². The van der Waals surface area contributed by atoms with E-state index in [1.807, 2.05) is 6.92 Å². The van der Waals surface area contributed by atoms with E-state index in [0.717, 1.165) is 0 Å². The summed E-state index contributed by atoms with van der Waals surface area (Å²) in [6.07, 6.45) is 0. The second kappa shape index (κ2) is 6.08. The Kier molecular flexibility index (Phi) is 4.74. The molecular weight excluding hydrogens is 248 g/mol. The molecular formula is C13H18N2O4. The Morgan fingerprint density at radius 2 is 1.95 bits per heavy atom. The summed E-state index contributed by atoms with van der Waals surface area (Å²) in [5.74, 6) is -0.575. The molecule has 0 heterocycles. The predicted octanol–water partition coefficient (Wildman–Crippen LogP) is 2.07. The maximum atomic E-state index is 11.7. The molecule has 1 aromatic rings. The van der Waals surface area contributed by atoms with Crippen LogP contribution in [0.3, 0.4) is 0 Å². The van der Waals surface area contributed by atoms with Gasteiger partial charge in [0, 0.05) is 0 Å². The van der Waals surface area contributed by atoms with Gasteiger partial charge in [-0.25, -0.2) is 9.59 Å². The van der Waals surface area contributed by atoms with Crippen molar-refractivity contribution in [3.63, 3.8) is 0 Å². The summed E-state index contributed by atoms with van der Waals surface area (Å²) in [5, 5.41) is 13.9. The number of carboxylic acid groups (broad SMARTS) is 1. The van der Waals surface area contributed by atoms with Crippen LogP contribution in [0.15, 0.2) is 24.3 Å². The van der Waals surface area contributed by atoms with Gasteiger partial charge in [-0.15, -0.1) is 0 Å². The molecule has 104 valence electrons. The Morgan fingerprint density at radius 1 is 1.32 bits per heavy atom. The van der Waals surface area contributed by atoms with Crippen molar-refractivity contribution in [2.75, 3.05) is 11.9 Å². The van der Waals surface area contributed by atoms with Gasteiger partial charge in [0.15, 0.2) is 0 Å². The van der Waals surface area contributed by atoms with Crippen LogP contribution in [0.25, 0.3) is 0 Å². The van der Waals surface area contributed by atoms with Crippen LogP contribution in [0.5, 0.6) is 5.75 Å². The topological polar surface area (TPSA) is 87.7 Å². The van der Waals surface area contributed by atoms with Crippen molar-refractivity contribution in [3.05, 3.63) is 24.3 Å². The number of ether oxygens (including phenoxy) is 1. The van der Waals surface area contributed by atoms with Gasteiger partial charge in [-0.2, -0.15) is 0 Å². The molecule has 0 aliphatic carbocycles. The van der Waals surface area contributed by atoms with Gasteiger partial charge in [0.25, 0.3) is 0 Å². The maximum Gasteiger partial charge on any atom is 0.328 e. The Hall–Kier alpha value is -2.24. The minimum Gasteiger partial charge on any atom is -0.492 e. The highest BCUT2D eigenvalue weighted by molar-refractivity contribution is 5.94. The summed E-state index contributed by atoms with van der Waals surface area (Å²) >= 11 is 0. The minimum absolute atomic E-state index is 0.473. The Morgan fingerprint density at radius 3 is 2.53 bits per heavy atom. The van der Waals surface area contributed by atoms with E-state index in [2.05, 4.69) is 10.6 Å². The van der Waals surface area contributed by atoms with Crippen molar-refractivity contribution < 1.29 is 19.4 Å². The maximum absolute atomic E-state index is 11.7.